The van der Waals surface area contributed by atoms with Crippen LogP contribution in [0.4, 0.5) is 4.79 Å². The molecule has 2 amide bonds. The zero-order valence-corrected chi connectivity index (χ0v) is 11.2. The molecule has 0 aromatic carbocycles. The summed E-state index contributed by atoms with van der Waals surface area (Å²) in [6.07, 6.45) is 1.26. The summed E-state index contributed by atoms with van der Waals surface area (Å²) < 4.78 is 0. The minimum Gasteiger partial charge on any atom is -0.480 e. The second kappa shape index (κ2) is 7.25. The smallest absolute Gasteiger partial charge is 0.326 e. The van der Waals surface area contributed by atoms with Crippen LogP contribution in [-0.4, -0.2) is 52.0 Å². The molecule has 2 N–H and O–H groups in total. The Labute approximate surface area is 110 Å². The molecule has 1 fully saturated rings. The van der Waals surface area contributed by atoms with Gasteiger partial charge in [-0.25, -0.2) is 4.79 Å². The summed E-state index contributed by atoms with van der Waals surface area (Å²) in [6, 6.07) is -0.828. The monoisotopic (exact) mass is 274 g/mol. The second-order valence-corrected chi connectivity index (χ2v) is 5.14. The number of carbonyl (C=O) groups is 3. The molecule has 6 nitrogen and oxygen atoms in total. The Kier molecular flexibility index (Phi) is 5.97. The summed E-state index contributed by atoms with van der Waals surface area (Å²) in [6.45, 7) is 2.88. The van der Waals surface area contributed by atoms with E-state index in [0.717, 1.165) is 5.75 Å². The lowest BCUT2D eigenvalue weighted by atomic mass is 10.1. The van der Waals surface area contributed by atoms with E-state index in [1.807, 2.05) is 6.92 Å². The first-order chi connectivity index (χ1) is 8.54. The summed E-state index contributed by atoms with van der Waals surface area (Å²) in [5.74, 6) is -0.577. The topological polar surface area (TPSA) is 86.7 Å². The molecule has 1 atom stereocenters. The van der Waals surface area contributed by atoms with Gasteiger partial charge in [0.15, 0.2) is 0 Å². The standard InChI is InChI=1S/C11H18N2O4S/c1-2-3-8(10(15)16)12-9(14)4-5-13-6-7-18-11(13)17/h8H,2-7H2,1H3,(H,12,14)(H,15,16)/t8-/m0/s1. The highest BCUT2D eigenvalue weighted by molar-refractivity contribution is 8.13. The van der Waals surface area contributed by atoms with Crippen LogP contribution < -0.4 is 5.32 Å². The Morgan fingerprint density at radius 1 is 1.56 bits per heavy atom. The van der Waals surface area contributed by atoms with Crippen LogP contribution >= 0.6 is 11.8 Å². The number of carboxylic acid groups (broad SMARTS) is 1. The van der Waals surface area contributed by atoms with Crippen molar-refractivity contribution in [3.05, 3.63) is 0 Å². The number of aliphatic carboxylic acids is 1. The zero-order valence-electron chi connectivity index (χ0n) is 10.3. The first-order valence-electron chi connectivity index (χ1n) is 5.98. The van der Waals surface area contributed by atoms with Crippen molar-refractivity contribution in [1.82, 2.24) is 10.2 Å². The van der Waals surface area contributed by atoms with Crippen molar-refractivity contribution < 1.29 is 19.5 Å². The average Bonchev–Trinajstić information content (AvgIpc) is 2.71. The van der Waals surface area contributed by atoms with Gasteiger partial charge in [-0.05, 0) is 6.42 Å². The van der Waals surface area contributed by atoms with Gasteiger partial charge in [-0.2, -0.15) is 0 Å². The Bertz CT molecular complexity index is 335. The highest BCUT2D eigenvalue weighted by atomic mass is 32.2. The van der Waals surface area contributed by atoms with Gasteiger partial charge >= 0.3 is 5.97 Å². The van der Waals surface area contributed by atoms with E-state index in [9.17, 15) is 14.4 Å². The summed E-state index contributed by atoms with van der Waals surface area (Å²) in [5, 5.41) is 11.4. The molecule has 102 valence electrons. The molecule has 1 saturated heterocycles. The maximum absolute atomic E-state index is 11.6. The molecule has 0 saturated carbocycles. The maximum atomic E-state index is 11.6. The Balaban J connectivity index is 2.31. The van der Waals surface area contributed by atoms with Gasteiger partial charge in [0.2, 0.25) is 5.91 Å². The van der Waals surface area contributed by atoms with Gasteiger partial charge in [-0.3, -0.25) is 9.59 Å². The molecule has 7 heteroatoms. The van der Waals surface area contributed by atoms with E-state index in [1.54, 1.807) is 4.90 Å². The predicted octanol–water partition coefficient (Wildman–Crippen LogP) is 0.915. The largest absolute Gasteiger partial charge is 0.480 e. The molecule has 0 aromatic rings. The molecule has 0 aromatic heterocycles. The Morgan fingerprint density at radius 3 is 2.78 bits per heavy atom. The molecule has 1 heterocycles. The van der Waals surface area contributed by atoms with Crippen molar-refractivity contribution >= 4 is 28.9 Å². The highest BCUT2D eigenvalue weighted by Crippen LogP contribution is 2.16. The number of hydrogen-bond donors (Lipinski definition) is 2. The number of carboxylic acids is 1. The SMILES string of the molecule is CCC[C@H](NC(=O)CCN1CCSC1=O)C(=O)O. The molecule has 1 rings (SSSR count). The highest BCUT2D eigenvalue weighted by Gasteiger charge is 2.23. The zero-order chi connectivity index (χ0) is 13.5. The Hall–Kier alpha value is -1.24. The fourth-order valence-electron chi connectivity index (χ4n) is 1.68. The van der Waals surface area contributed by atoms with Crippen LogP contribution in [0.5, 0.6) is 0 Å². The van der Waals surface area contributed by atoms with Crippen LogP contribution in [0.25, 0.3) is 0 Å². The molecule has 1 aliphatic heterocycles. The van der Waals surface area contributed by atoms with Gasteiger partial charge in [-0.15, -0.1) is 0 Å². The second-order valence-electron chi connectivity index (χ2n) is 4.10. The van der Waals surface area contributed by atoms with Crippen LogP contribution in [-0.2, 0) is 9.59 Å². The van der Waals surface area contributed by atoms with Crippen molar-refractivity contribution in [3.8, 4) is 0 Å². The fourth-order valence-corrected chi connectivity index (χ4v) is 2.53. The lowest BCUT2D eigenvalue weighted by Gasteiger charge is -2.16. The molecule has 0 aliphatic carbocycles. The summed E-state index contributed by atoms with van der Waals surface area (Å²) in [4.78, 5) is 35.3. The van der Waals surface area contributed by atoms with Gasteiger partial charge in [0.05, 0.1) is 0 Å². The lowest BCUT2D eigenvalue weighted by Crippen LogP contribution is -2.41. The molecule has 0 bridgehead atoms. The molecule has 1 aliphatic rings. The van der Waals surface area contributed by atoms with E-state index in [-0.39, 0.29) is 17.6 Å². The average molecular weight is 274 g/mol. The predicted molar refractivity (Wildman–Crippen MR) is 68.5 cm³/mol. The van der Waals surface area contributed by atoms with Crippen molar-refractivity contribution in [3.63, 3.8) is 0 Å². The number of hydrogen-bond acceptors (Lipinski definition) is 4. The first-order valence-corrected chi connectivity index (χ1v) is 6.97. The molecule has 0 unspecified atom stereocenters. The van der Waals surface area contributed by atoms with E-state index in [2.05, 4.69) is 5.32 Å². The molecule has 18 heavy (non-hydrogen) atoms. The van der Waals surface area contributed by atoms with Gasteiger partial charge in [0.25, 0.3) is 5.24 Å². The van der Waals surface area contributed by atoms with Gasteiger partial charge in [0, 0.05) is 25.3 Å². The maximum Gasteiger partial charge on any atom is 0.326 e. The van der Waals surface area contributed by atoms with Gasteiger partial charge in [0.1, 0.15) is 6.04 Å². The van der Waals surface area contributed by atoms with E-state index in [4.69, 9.17) is 5.11 Å². The summed E-state index contributed by atoms with van der Waals surface area (Å²) >= 11 is 1.25. The third-order valence-electron chi connectivity index (χ3n) is 2.66. The van der Waals surface area contributed by atoms with Crippen LogP contribution in [0.2, 0.25) is 0 Å². The van der Waals surface area contributed by atoms with Gasteiger partial charge in [-0.1, -0.05) is 25.1 Å². The molecular weight excluding hydrogens is 256 g/mol. The van der Waals surface area contributed by atoms with Crippen molar-refractivity contribution in [2.24, 2.45) is 0 Å². The van der Waals surface area contributed by atoms with E-state index in [1.165, 1.54) is 11.8 Å². The minimum absolute atomic E-state index is 0.00820. The number of nitrogens with zero attached hydrogens (tertiary/aromatic N) is 1. The molecule has 0 spiro atoms. The third-order valence-corrected chi connectivity index (χ3v) is 3.56. The fraction of sp³-hybridized carbons (Fsp3) is 0.727. The number of rotatable bonds is 7. The van der Waals surface area contributed by atoms with Crippen molar-refractivity contribution in [1.29, 1.82) is 0 Å². The minimum atomic E-state index is -1.02. The van der Waals surface area contributed by atoms with Crippen molar-refractivity contribution in [2.75, 3.05) is 18.8 Å². The third kappa shape index (κ3) is 4.56. The molecular formula is C11H18N2O4S. The number of thioether (sulfide) groups is 1. The van der Waals surface area contributed by atoms with E-state index >= 15 is 0 Å². The van der Waals surface area contributed by atoms with E-state index < -0.39 is 12.0 Å². The number of nitrogens with one attached hydrogen (secondary N) is 1. The normalized spacial score (nSPS) is 16.7. The molecule has 0 radical (unpaired) electrons. The van der Waals surface area contributed by atoms with Crippen LogP contribution in [0.1, 0.15) is 26.2 Å². The number of amides is 2. The van der Waals surface area contributed by atoms with Crippen LogP contribution in [0, 0.1) is 0 Å². The Morgan fingerprint density at radius 2 is 2.28 bits per heavy atom. The van der Waals surface area contributed by atoms with Crippen LogP contribution in [0.15, 0.2) is 0 Å². The lowest BCUT2D eigenvalue weighted by molar-refractivity contribution is -0.142. The quantitative estimate of drug-likeness (QED) is 0.720. The van der Waals surface area contributed by atoms with E-state index in [0.29, 0.717) is 25.9 Å². The van der Waals surface area contributed by atoms with Crippen molar-refractivity contribution in [2.45, 2.75) is 32.2 Å². The van der Waals surface area contributed by atoms with Gasteiger partial charge < -0.3 is 15.3 Å². The summed E-state index contributed by atoms with van der Waals surface area (Å²) in [7, 11) is 0. The summed E-state index contributed by atoms with van der Waals surface area (Å²) in [5.41, 5.74) is 0. The number of carbonyl (C=O) groups excluding carboxylic acids is 2. The first kappa shape index (κ1) is 14.8. The van der Waals surface area contributed by atoms with Crippen LogP contribution in [0.3, 0.4) is 0 Å².